The highest BCUT2D eigenvalue weighted by molar-refractivity contribution is 5.64. The van der Waals surface area contributed by atoms with E-state index in [1.54, 1.807) is 0 Å². The van der Waals surface area contributed by atoms with Crippen LogP contribution >= 0.6 is 0 Å². The summed E-state index contributed by atoms with van der Waals surface area (Å²) >= 11 is 0. The maximum Gasteiger partial charge on any atom is 0.0635 e. The van der Waals surface area contributed by atoms with E-state index in [0.29, 0.717) is 0 Å². The van der Waals surface area contributed by atoms with Crippen molar-refractivity contribution in [2.45, 2.75) is 25.3 Å². The van der Waals surface area contributed by atoms with Crippen LogP contribution in [0.1, 0.15) is 25.0 Å². The lowest BCUT2D eigenvalue weighted by atomic mass is 9.94. The van der Waals surface area contributed by atoms with E-state index in [1.165, 1.54) is 17.7 Å². The van der Waals surface area contributed by atoms with Crippen molar-refractivity contribution in [1.82, 2.24) is 9.78 Å². The van der Waals surface area contributed by atoms with Crippen LogP contribution in [-0.4, -0.2) is 15.8 Å². The largest absolute Gasteiger partial charge is 0.324 e. The average molecular weight is 177 g/mol. The summed E-state index contributed by atoms with van der Waals surface area (Å²) in [4.78, 5) is 0. The van der Waals surface area contributed by atoms with Gasteiger partial charge in [0.2, 0.25) is 0 Å². The lowest BCUT2D eigenvalue weighted by Crippen LogP contribution is -2.20. The van der Waals surface area contributed by atoms with Gasteiger partial charge >= 0.3 is 0 Å². The average Bonchev–Trinajstić information content (AvgIpc) is 2.51. The number of nitrogens with two attached hydrogens (primary N) is 1. The second-order valence-electron chi connectivity index (χ2n) is 3.59. The smallest absolute Gasteiger partial charge is 0.0635 e. The summed E-state index contributed by atoms with van der Waals surface area (Å²) in [5.41, 5.74) is 8.43. The van der Waals surface area contributed by atoms with E-state index in [2.05, 4.69) is 11.2 Å². The molecule has 70 valence electrons. The second kappa shape index (κ2) is 3.34. The van der Waals surface area contributed by atoms with Crippen molar-refractivity contribution in [3.63, 3.8) is 0 Å². The zero-order chi connectivity index (χ0) is 9.26. The van der Waals surface area contributed by atoms with Crippen molar-refractivity contribution in [3.8, 4) is 0 Å². The molecule has 1 aliphatic carbocycles. The third-order valence-electron chi connectivity index (χ3n) is 2.55. The SMILES string of the molecule is Cn1nccc1C1=CC(N)CCC1. The zero-order valence-corrected chi connectivity index (χ0v) is 7.90. The number of allylic oxidation sites excluding steroid dienone is 1. The third-order valence-corrected chi connectivity index (χ3v) is 2.55. The molecule has 0 spiro atoms. The van der Waals surface area contributed by atoms with Crippen molar-refractivity contribution in [2.24, 2.45) is 12.8 Å². The lowest BCUT2D eigenvalue weighted by molar-refractivity contribution is 0.647. The minimum Gasteiger partial charge on any atom is -0.324 e. The Balaban J connectivity index is 2.30. The molecule has 1 aromatic rings. The first-order valence-corrected chi connectivity index (χ1v) is 4.72. The van der Waals surface area contributed by atoms with Gasteiger partial charge in [-0.1, -0.05) is 6.08 Å². The van der Waals surface area contributed by atoms with E-state index >= 15 is 0 Å². The second-order valence-corrected chi connectivity index (χ2v) is 3.59. The standard InChI is InChI=1S/C10H15N3/c1-13-10(5-6-12-13)8-3-2-4-9(11)7-8/h5-7,9H,2-4,11H2,1H3. The molecule has 13 heavy (non-hydrogen) atoms. The van der Waals surface area contributed by atoms with Crippen LogP contribution in [-0.2, 0) is 7.05 Å². The molecular weight excluding hydrogens is 162 g/mol. The molecule has 1 aromatic heterocycles. The van der Waals surface area contributed by atoms with Gasteiger partial charge in [0.05, 0.1) is 5.69 Å². The van der Waals surface area contributed by atoms with Crippen molar-refractivity contribution in [3.05, 3.63) is 24.0 Å². The Kier molecular flexibility index (Phi) is 2.19. The van der Waals surface area contributed by atoms with Crippen LogP contribution in [0.2, 0.25) is 0 Å². The van der Waals surface area contributed by atoms with Gasteiger partial charge in [0.15, 0.2) is 0 Å². The number of hydrogen-bond acceptors (Lipinski definition) is 2. The Bertz CT molecular complexity index is 325. The summed E-state index contributed by atoms with van der Waals surface area (Å²) < 4.78 is 1.91. The molecule has 0 bridgehead atoms. The minimum atomic E-state index is 0.235. The van der Waals surface area contributed by atoms with Crippen LogP contribution in [0.5, 0.6) is 0 Å². The molecular formula is C10H15N3. The molecule has 0 aromatic carbocycles. The molecule has 2 rings (SSSR count). The Morgan fingerprint density at radius 2 is 2.46 bits per heavy atom. The number of rotatable bonds is 1. The Morgan fingerprint density at radius 1 is 1.62 bits per heavy atom. The Labute approximate surface area is 78.2 Å². The van der Waals surface area contributed by atoms with Crippen LogP contribution in [0.15, 0.2) is 18.3 Å². The number of aromatic nitrogens is 2. The topological polar surface area (TPSA) is 43.8 Å². The molecule has 0 aliphatic heterocycles. The van der Waals surface area contributed by atoms with Gasteiger partial charge in [-0.25, -0.2) is 0 Å². The first-order chi connectivity index (χ1) is 6.27. The molecule has 3 heteroatoms. The molecule has 0 saturated heterocycles. The third kappa shape index (κ3) is 1.65. The predicted molar refractivity (Wildman–Crippen MR) is 53.0 cm³/mol. The van der Waals surface area contributed by atoms with Gasteiger partial charge in [0.1, 0.15) is 0 Å². The van der Waals surface area contributed by atoms with Crippen LogP contribution < -0.4 is 5.73 Å². The van der Waals surface area contributed by atoms with Crippen LogP contribution in [0, 0.1) is 0 Å². The summed E-state index contributed by atoms with van der Waals surface area (Å²) in [6.45, 7) is 0. The molecule has 1 heterocycles. The first kappa shape index (κ1) is 8.51. The van der Waals surface area contributed by atoms with E-state index in [4.69, 9.17) is 5.73 Å². The molecule has 3 nitrogen and oxygen atoms in total. The van der Waals surface area contributed by atoms with Crippen molar-refractivity contribution < 1.29 is 0 Å². The summed E-state index contributed by atoms with van der Waals surface area (Å²) in [5.74, 6) is 0. The predicted octanol–water partition coefficient (Wildman–Crippen LogP) is 1.31. The monoisotopic (exact) mass is 177 g/mol. The van der Waals surface area contributed by atoms with Crippen LogP contribution in [0.3, 0.4) is 0 Å². The highest BCUT2D eigenvalue weighted by Gasteiger charge is 2.13. The summed E-state index contributed by atoms with van der Waals surface area (Å²) in [6, 6.07) is 2.28. The van der Waals surface area contributed by atoms with Gasteiger partial charge in [0.25, 0.3) is 0 Å². The minimum absolute atomic E-state index is 0.235. The van der Waals surface area contributed by atoms with E-state index in [1.807, 2.05) is 24.0 Å². The maximum absolute atomic E-state index is 5.88. The highest BCUT2D eigenvalue weighted by Crippen LogP contribution is 2.25. The lowest BCUT2D eigenvalue weighted by Gasteiger charge is -2.17. The summed E-state index contributed by atoms with van der Waals surface area (Å²) in [6.07, 6.45) is 7.43. The van der Waals surface area contributed by atoms with Gasteiger partial charge in [0, 0.05) is 19.3 Å². The zero-order valence-electron chi connectivity index (χ0n) is 7.90. The number of hydrogen-bond donors (Lipinski definition) is 1. The Morgan fingerprint density at radius 3 is 3.08 bits per heavy atom. The quantitative estimate of drug-likeness (QED) is 0.703. The highest BCUT2D eigenvalue weighted by atomic mass is 15.3. The molecule has 1 atom stereocenters. The summed E-state index contributed by atoms with van der Waals surface area (Å²) in [5, 5.41) is 4.15. The number of nitrogens with zero attached hydrogens (tertiary/aromatic N) is 2. The van der Waals surface area contributed by atoms with Gasteiger partial charge in [-0.3, -0.25) is 4.68 Å². The van der Waals surface area contributed by atoms with Gasteiger partial charge in [-0.15, -0.1) is 0 Å². The van der Waals surface area contributed by atoms with Crippen molar-refractivity contribution >= 4 is 5.57 Å². The molecule has 0 amide bonds. The van der Waals surface area contributed by atoms with E-state index in [9.17, 15) is 0 Å². The van der Waals surface area contributed by atoms with E-state index in [0.717, 1.165) is 12.8 Å². The van der Waals surface area contributed by atoms with Gasteiger partial charge in [-0.2, -0.15) is 5.10 Å². The number of aryl methyl sites for hydroxylation is 1. The molecule has 2 N–H and O–H groups in total. The fraction of sp³-hybridized carbons (Fsp3) is 0.500. The van der Waals surface area contributed by atoms with Gasteiger partial charge < -0.3 is 5.73 Å². The van der Waals surface area contributed by atoms with Crippen LogP contribution in [0.4, 0.5) is 0 Å². The molecule has 0 radical (unpaired) electrons. The summed E-state index contributed by atoms with van der Waals surface area (Å²) in [7, 11) is 1.97. The molecule has 0 saturated carbocycles. The van der Waals surface area contributed by atoms with Crippen LogP contribution in [0.25, 0.3) is 5.57 Å². The maximum atomic E-state index is 5.88. The fourth-order valence-electron chi connectivity index (χ4n) is 1.86. The first-order valence-electron chi connectivity index (χ1n) is 4.72. The molecule has 0 fully saturated rings. The van der Waals surface area contributed by atoms with E-state index < -0.39 is 0 Å². The van der Waals surface area contributed by atoms with Gasteiger partial charge in [-0.05, 0) is 30.9 Å². The molecule has 1 unspecified atom stereocenters. The molecule has 1 aliphatic rings. The van der Waals surface area contributed by atoms with Crippen molar-refractivity contribution in [2.75, 3.05) is 0 Å². The van der Waals surface area contributed by atoms with E-state index in [-0.39, 0.29) is 6.04 Å². The van der Waals surface area contributed by atoms with Crippen molar-refractivity contribution in [1.29, 1.82) is 0 Å². The Hall–Kier alpha value is -1.09. The fourth-order valence-corrected chi connectivity index (χ4v) is 1.86. The normalized spacial score (nSPS) is 22.9.